The quantitative estimate of drug-likeness (QED) is 0.449. The van der Waals surface area contributed by atoms with Crippen LogP contribution in [0.1, 0.15) is 33.8 Å². The molecule has 0 fully saturated rings. The largest absolute Gasteiger partial charge is 0.462 e. The zero-order chi connectivity index (χ0) is 16.8. The smallest absolute Gasteiger partial charge is 0.130 e. The van der Waals surface area contributed by atoms with Crippen LogP contribution in [0.3, 0.4) is 0 Å². The molecular weight excluding hydrogens is 407 g/mol. The van der Waals surface area contributed by atoms with Crippen molar-refractivity contribution < 1.29 is 30.6 Å². The number of hydrogen-bond acceptors (Lipinski definition) is 1. The molecule has 3 heteroatoms. The van der Waals surface area contributed by atoms with E-state index in [-0.39, 0.29) is 26.2 Å². The average molecular weight is 426 g/mol. The molecule has 0 aliphatic heterocycles. The third kappa shape index (κ3) is 3.35. The first kappa shape index (κ1) is 18.4. The predicted molar refractivity (Wildman–Crippen MR) is 101 cm³/mol. The summed E-state index contributed by atoms with van der Waals surface area (Å²) in [6.45, 7) is 6.37. The number of benzene rings is 2. The number of halogens is 1. The van der Waals surface area contributed by atoms with Crippen molar-refractivity contribution in [2.45, 2.75) is 27.2 Å². The summed E-state index contributed by atoms with van der Waals surface area (Å²) in [6, 6.07) is 14.5. The topological polar surface area (TPSA) is 13.1 Å². The molecule has 4 rings (SSSR count). The second-order valence-electron chi connectivity index (χ2n) is 6.53. The molecule has 1 aliphatic rings. The van der Waals surface area contributed by atoms with Gasteiger partial charge in [-0.15, -0.1) is 0 Å². The Labute approximate surface area is 172 Å². The van der Waals surface area contributed by atoms with E-state index in [4.69, 9.17) is 16.0 Å². The zero-order valence-corrected chi connectivity index (χ0v) is 17.8. The number of allylic oxidation sites excluding steroid dienone is 1. The molecule has 124 valence electrons. The second-order valence-corrected chi connectivity index (χ2v) is 6.97. The van der Waals surface area contributed by atoms with Crippen molar-refractivity contribution in [3.63, 3.8) is 0 Å². The van der Waals surface area contributed by atoms with E-state index in [9.17, 15) is 0 Å². The summed E-state index contributed by atoms with van der Waals surface area (Å²) < 4.78 is 5.83. The van der Waals surface area contributed by atoms with E-state index in [0.29, 0.717) is 0 Å². The van der Waals surface area contributed by atoms with Crippen molar-refractivity contribution in [3.8, 4) is 11.1 Å². The van der Waals surface area contributed by atoms with Crippen molar-refractivity contribution in [2.75, 3.05) is 0 Å². The maximum Gasteiger partial charge on any atom is 0.130 e. The fourth-order valence-electron chi connectivity index (χ4n) is 3.50. The maximum absolute atomic E-state index is 6.07. The first-order valence-electron chi connectivity index (χ1n) is 8.19. The number of aryl methyl sites for hydroxylation is 2. The molecule has 3 aromatic rings. The molecule has 1 nitrogen and oxygen atoms in total. The molecule has 0 radical (unpaired) electrons. The van der Waals surface area contributed by atoms with Crippen molar-refractivity contribution in [2.24, 2.45) is 0 Å². The van der Waals surface area contributed by atoms with Gasteiger partial charge in [0.05, 0.1) is 0 Å². The molecule has 1 heterocycles. The van der Waals surface area contributed by atoms with E-state index in [1.54, 1.807) is 0 Å². The van der Waals surface area contributed by atoms with Gasteiger partial charge in [-0.25, -0.2) is 0 Å². The van der Waals surface area contributed by atoms with Crippen LogP contribution in [-0.4, -0.2) is 0 Å². The van der Waals surface area contributed by atoms with Gasteiger partial charge in [0.25, 0.3) is 0 Å². The van der Waals surface area contributed by atoms with Gasteiger partial charge in [0.15, 0.2) is 0 Å². The minimum atomic E-state index is 0. The Morgan fingerprint density at radius 3 is 2.32 bits per heavy atom. The van der Waals surface area contributed by atoms with E-state index in [2.05, 4.69) is 44.2 Å². The Balaban J connectivity index is 0.00000182. The Morgan fingerprint density at radius 1 is 0.960 bits per heavy atom. The Bertz CT molecular complexity index is 964. The van der Waals surface area contributed by atoms with Crippen LogP contribution in [0.2, 0.25) is 5.02 Å². The summed E-state index contributed by atoms with van der Waals surface area (Å²) in [7, 11) is 0. The van der Waals surface area contributed by atoms with Crippen molar-refractivity contribution >= 4 is 23.3 Å². The SMILES string of the molecule is Cc1ccc(C2=Cc3c(cc(C)c(C)c3-c3ccc(Cl)cc3)C2)o1.[Zr]. The average Bonchev–Trinajstić information content (AvgIpc) is 3.16. The second kappa shape index (κ2) is 7.10. The van der Waals surface area contributed by atoms with Crippen LogP contribution in [0.5, 0.6) is 0 Å². The normalized spacial score (nSPS) is 12.6. The summed E-state index contributed by atoms with van der Waals surface area (Å²) in [5.41, 5.74) is 9.09. The Kier molecular flexibility index (Phi) is 5.23. The van der Waals surface area contributed by atoms with Crippen LogP contribution >= 0.6 is 11.6 Å². The Hall–Kier alpha value is -1.37. The molecule has 1 aliphatic carbocycles. The third-order valence-electron chi connectivity index (χ3n) is 4.86. The van der Waals surface area contributed by atoms with Crippen LogP contribution in [0, 0.1) is 20.8 Å². The number of fused-ring (bicyclic) bond motifs is 1. The minimum absolute atomic E-state index is 0. The molecule has 0 saturated carbocycles. The van der Waals surface area contributed by atoms with Gasteiger partial charge < -0.3 is 4.42 Å². The molecule has 0 bridgehead atoms. The molecule has 0 N–H and O–H groups in total. The molecular formula is C22H19ClOZr. The number of rotatable bonds is 2. The minimum Gasteiger partial charge on any atom is -0.462 e. The number of furan rings is 1. The fourth-order valence-corrected chi connectivity index (χ4v) is 3.63. The summed E-state index contributed by atoms with van der Waals surface area (Å²) >= 11 is 6.07. The van der Waals surface area contributed by atoms with E-state index < -0.39 is 0 Å². The Morgan fingerprint density at radius 2 is 1.68 bits per heavy atom. The monoisotopic (exact) mass is 424 g/mol. The zero-order valence-electron chi connectivity index (χ0n) is 14.6. The van der Waals surface area contributed by atoms with E-state index in [0.717, 1.165) is 23.0 Å². The first-order valence-corrected chi connectivity index (χ1v) is 8.57. The maximum atomic E-state index is 6.07. The summed E-state index contributed by atoms with van der Waals surface area (Å²) in [5, 5.41) is 0.767. The van der Waals surface area contributed by atoms with E-state index in [1.807, 2.05) is 25.1 Å². The molecule has 25 heavy (non-hydrogen) atoms. The predicted octanol–water partition coefficient (Wildman–Crippen LogP) is 6.62. The van der Waals surface area contributed by atoms with E-state index >= 15 is 0 Å². The van der Waals surface area contributed by atoms with Crippen LogP contribution in [0.15, 0.2) is 46.9 Å². The van der Waals surface area contributed by atoms with Crippen LogP contribution in [-0.2, 0) is 32.6 Å². The van der Waals surface area contributed by atoms with Crippen LogP contribution in [0.25, 0.3) is 22.8 Å². The van der Waals surface area contributed by atoms with E-state index in [1.165, 1.54) is 39.0 Å². The number of hydrogen-bond donors (Lipinski definition) is 0. The van der Waals surface area contributed by atoms with Crippen molar-refractivity contribution in [1.29, 1.82) is 0 Å². The van der Waals surface area contributed by atoms with Gasteiger partial charge in [-0.05, 0) is 90.1 Å². The molecule has 0 atom stereocenters. The van der Waals surface area contributed by atoms with Crippen molar-refractivity contribution in [1.82, 2.24) is 0 Å². The van der Waals surface area contributed by atoms with Gasteiger partial charge in [-0.3, -0.25) is 0 Å². The van der Waals surface area contributed by atoms with Gasteiger partial charge in [0.2, 0.25) is 0 Å². The molecule has 1 aromatic heterocycles. The first-order chi connectivity index (χ1) is 11.5. The standard InChI is InChI=1S/C22H19ClO.Zr/c1-13-10-17-11-18(21-9-4-14(2)24-21)12-20(17)22(15(13)3)16-5-7-19(23)8-6-16;/h4-10,12H,11H2,1-3H3;. The summed E-state index contributed by atoms with van der Waals surface area (Å²) in [4.78, 5) is 0. The molecule has 0 amide bonds. The summed E-state index contributed by atoms with van der Waals surface area (Å²) in [5.74, 6) is 1.92. The van der Waals surface area contributed by atoms with Gasteiger partial charge in [0, 0.05) is 37.6 Å². The molecule has 0 spiro atoms. The van der Waals surface area contributed by atoms with Gasteiger partial charge >= 0.3 is 0 Å². The molecule has 2 aromatic carbocycles. The van der Waals surface area contributed by atoms with Gasteiger partial charge in [0.1, 0.15) is 11.5 Å². The van der Waals surface area contributed by atoms with Gasteiger partial charge in [-0.2, -0.15) is 0 Å². The fraction of sp³-hybridized carbons (Fsp3) is 0.182. The van der Waals surface area contributed by atoms with Gasteiger partial charge in [-0.1, -0.05) is 29.8 Å². The summed E-state index contributed by atoms with van der Waals surface area (Å²) in [6.07, 6.45) is 3.20. The molecule has 0 unspecified atom stereocenters. The third-order valence-corrected chi connectivity index (χ3v) is 5.11. The van der Waals surface area contributed by atoms with Crippen molar-refractivity contribution in [3.05, 3.63) is 81.3 Å². The van der Waals surface area contributed by atoms with Crippen LogP contribution in [0.4, 0.5) is 0 Å². The van der Waals surface area contributed by atoms with Crippen LogP contribution < -0.4 is 0 Å². The molecule has 0 saturated heterocycles.